The van der Waals surface area contributed by atoms with Crippen molar-refractivity contribution in [2.75, 3.05) is 25.1 Å². The summed E-state index contributed by atoms with van der Waals surface area (Å²) in [5, 5.41) is 0. The number of piperidine rings is 1. The lowest BCUT2D eigenvalue weighted by molar-refractivity contribution is 0.238. The number of nitrogens with two attached hydrogens (primary N) is 1. The molecule has 2 N–H and O–H groups in total. The molecule has 110 valence electrons. The minimum Gasteiger partial charge on any atom is -0.497 e. The zero-order valence-electron chi connectivity index (χ0n) is 12.6. The molecule has 1 heterocycles. The normalized spacial score (nSPS) is 17.9. The van der Waals surface area contributed by atoms with Crippen LogP contribution in [0.15, 0.2) is 18.2 Å². The largest absolute Gasteiger partial charge is 0.497 e. The van der Waals surface area contributed by atoms with Crippen molar-refractivity contribution in [3.8, 4) is 5.75 Å². The predicted octanol–water partition coefficient (Wildman–Crippen LogP) is 3.35. The van der Waals surface area contributed by atoms with Gasteiger partial charge in [-0.3, -0.25) is 0 Å². The van der Waals surface area contributed by atoms with Crippen LogP contribution in [0.1, 0.15) is 38.7 Å². The summed E-state index contributed by atoms with van der Waals surface area (Å²) in [6, 6.07) is 5.92. The summed E-state index contributed by atoms with van der Waals surface area (Å²) >= 11 is 5.18. The van der Waals surface area contributed by atoms with Crippen LogP contribution in [0, 0.1) is 5.41 Å². The van der Waals surface area contributed by atoms with E-state index in [1.807, 2.05) is 18.2 Å². The summed E-state index contributed by atoms with van der Waals surface area (Å²) in [5.41, 5.74) is 8.38. The number of hydrogen-bond acceptors (Lipinski definition) is 3. The standard InChI is InChI=1S/C16H24N2OS/c1-4-16(2)7-9-18(10-8-16)14-11-12(19-3)5-6-13(14)15(17)20/h5-6,11H,4,7-10H2,1-3H3,(H2,17,20). The first-order valence-corrected chi connectivity index (χ1v) is 7.63. The minimum atomic E-state index is 0.450. The van der Waals surface area contributed by atoms with E-state index >= 15 is 0 Å². The van der Waals surface area contributed by atoms with Gasteiger partial charge in [-0.05, 0) is 30.4 Å². The van der Waals surface area contributed by atoms with Crippen LogP contribution in [0.5, 0.6) is 5.75 Å². The molecular formula is C16H24N2OS. The third-order valence-electron chi connectivity index (χ3n) is 4.64. The average molecular weight is 292 g/mol. The van der Waals surface area contributed by atoms with Crippen molar-refractivity contribution in [1.29, 1.82) is 0 Å². The number of ether oxygens (including phenoxy) is 1. The van der Waals surface area contributed by atoms with Gasteiger partial charge < -0.3 is 15.4 Å². The number of hydrogen-bond donors (Lipinski definition) is 1. The first kappa shape index (κ1) is 15.1. The van der Waals surface area contributed by atoms with E-state index in [0.717, 1.165) is 30.1 Å². The second-order valence-corrected chi connectivity index (χ2v) is 6.34. The molecule has 4 heteroatoms. The van der Waals surface area contributed by atoms with Crippen LogP contribution in [0.3, 0.4) is 0 Å². The number of rotatable bonds is 4. The fourth-order valence-corrected chi connectivity index (χ4v) is 2.92. The van der Waals surface area contributed by atoms with Gasteiger partial charge in [0.05, 0.1) is 12.8 Å². The second kappa shape index (κ2) is 6.00. The van der Waals surface area contributed by atoms with Gasteiger partial charge in [-0.1, -0.05) is 32.5 Å². The topological polar surface area (TPSA) is 38.5 Å². The van der Waals surface area contributed by atoms with Gasteiger partial charge in [0, 0.05) is 24.7 Å². The SMILES string of the molecule is CCC1(C)CCN(c2cc(OC)ccc2C(N)=S)CC1. The molecular weight excluding hydrogens is 268 g/mol. The molecule has 0 unspecified atom stereocenters. The summed E-state index contributed by atoms with van der Waals surface area (Å²) < 4.78 is 5.33. The van der Waals surface area contributed by atoms with Gasteiger partial charge in [-0.15, -0.1) is 0 Å². The summed E-state index contributed by atoms with van der Waals surface area (Å²) in [6.45, 7) is 6.76. The van der Waals surface area contributed by atoms with Crippen molar-refractivity contribution in [2.24, 2.45) is 11.1 Å². The summed E-state index contributed by atoms with van der Waals surface area (Å²) in [5.74, 6) is 0.851. The summed E-state index contributed by atoms with van der Waals surface area (Å²) in [7, 11) is 1.68. The van der Waals surface area contributed by atoms with Crippen molar-refractivity contribution in [3.63, 3.8) is 0 Å². The molecule has 1 aliphatic rings. The molecule has 0 aromatic heterocycles. The smallest absolute Gasteiger partial charge is 0.120 e. The van der Waals surface area contributed by atoms with E-state index in [-0.39, 0.29) is 0 Å². The van der Waals surface area contributed by atoms with Crippen molar-refractivity contribution in [1.82, 2.24) is 0 Å². The lowest BCUT2D eigenvalue weighted by atomic mass is 9.78. The van der Waals surface area contributed by atoms with Crippen molar-refractivity contribution in [3.05, 3.63) is 23.8 Å². The second-order valence-electron chi connectivity index (χ2n) is 5.90. The molecule has 3 nitrogen and oxygen atoms in total. The van der Waals surface area contributed by atoms with Crippen molar-refractivity contribution >= 4 is 22.9 Å². The van der Waals surface area contributed by atoms with Gasteiger partial charge >= 0.3 is 0 Å². The monoisotopic (exact) mass is 292 g/mol. The Labute approximate surface area is 127 Å². The van der Waals surface area contributed by atoms with Gasteiger partial charge in [0.2, 0.25) is 0 Å². The number of thiocarbonyl (C=S) groups is 1. The fraction of sp³-hybridized carbons (Fsp3) is 0.562. The molecule has 20 heavy (non-hydrogen) atoms. The van der Waals surface area contributed by atoms with Crippen LogP contribution in [-0.2, 0) is 0 Å². The third kappa shape index (κ3) is 3.06. The number of nitrogens with zero attached hydrogens (tertiary/aromatic N) is 1. The Morgan fingerprint density at radius 2 is 2.05 bits per heavy atom. The number of anilines is 1. The summed E-state index contributed by atoms with van der Waals surface area (Å²) in [4.78, 5) is 2.83. The molecule has 2 rings (SSSR count). The number of benzene rings is 1. The third-order valence-corrected chi connectivity index (χ3v) is 4.86. The average Bonchev–Trinajstić information content (AvgIpc) is 2.47. The minimum absolute atomic E-state index is 0.450. The Hall–Kier alpha value is -1.29. The van der Waals surface area contributed by atoms with Crippen LogP contribution in [0.2, 0.25) is 0 Å². The van der Waals surface area contributed by atoms with Crippen molar-refractivity contribution < 1.29 is 4.74 Å². The zero-order valence-corrected chi connectivity index (χ0v) is 13.4. The molecule has 0 saturated carbocycles. The molecule has 0 bridgehead atoms. The molecule has 1 fully saturated rings. The maximum absolute atomic E-state index is 5.86. The quantitative estimate of drug-likeness (QED) is 0.864. The van der Waals surface area contributed by atoms with Crippen LogP contribution in [0.25, 0.3) is 0 Å². The molecule has 0 aliphatic carbocycles. The Balaban J connectivity index is 2.26. The van der Waals surface area contributed by atoms with Crippen LogP contribution in [0.4, 0.5) is 5.69 Å². The van der Waals surface area contributed by atoms with Crippen molar-refractivity contribution in [2.45, 2.75) is 33.1 Å². The molecule has 0 radical (unpaired) electrons. The highest BCUT2D eigenvalue weighted by Crippen LogP contribution is 2.37. The molecule has 1 aromatic rings. The predicted molar refractivity (Wildman–Crippen MR) is 88.7 cm³/mol. The highest BCUT2D eigenvalue weighted by atomic mass is 32.1. The Morgan fingerprint density at radius 1 is 1.40 bits per heavy atom. The van der Waals surface area contributed by atoms with E-state index in [2.05, 4.69) is 18.7 Å². The van der Waals surface area contributed by atoms with Gasteiger partial charge in [0.15, 0.2) is 0 Å². The van der Waals surface area contributed by atoms with Gasteiger partial charge in [-0.25, -0.2) is 0 Å². The first-order chi connectivity index (χ1) is 9.49. The highest BCUT2D eigenvalue weighted by Gasteiger charge is 2.29. The fourth-order valence-electron chi connectivity index (χ4n) is 2.75. The van der Waals surface area contributed by atoms with E-state index in [1.165, 1.54) is 19.3 Å². The van der Waals surface area contributed by atoms with E-state index in [0.29, 0.717) is 10.4 Å². The van der Waals surface area contributed by atoms with E-state index < -0.39 is 0 Å². The van der Waals surface area contributed by atoms with Crippen LogP contribution in [-0.4, -0.2) is 25.2 Å². The lowest BCUT2D eigenvalue weighted by Gasteiger charge is -2.40. The van der Waals surface area contributed by atoms with Gasteiger partial charge in [0.1, 0.15) is 10.7 Å². The molecule has 1 aromatic carbocycles. The number of methoxy groups -OCH3 is 1. The molecule has 0 atom stereocenters. The van der Waals surface area contributed by atoms with Gasteiger partial charge in [0.25, 0.3) is 0 Å². The van der Waals surface area contributed by atoms with E-state index in [9.17, 15) is 0 Å². The van der Waals surface area contributed by atoms with E-state index in [1.54, 1.807) is 7.11 Å². The Kier molecular flexibility index (Phi) is 4.53. The maximum atomic E-state index is 5.86. The Bertz CT molecular complexity index is 493. The molecule has 0 spiro atoms. The van der Waals surface area contributed by atoms with Crippen LogP contribution >= 0.6 is 12.2 Å². The summed E-state index contributed by atoms with van der Waals surface area (Å²) in [6.07, 6.45) is 3.65. The molecule has 1 aliphatic heterocycles. The highest BCUT2D eigenvalue weighted by molar-refractivity contribution is 7.80. The molecule has 0 amide bonds. The van der Waals surface area contributed by atoms with Crippen LogP contribution < -0.4 is 15.4 Å². The first-order valence-electron chi connectivity index (χ1n) is 7.22. The Morgan fingerprint density at radius 3 is 2.55 bits per heavy atom. The lowest BCUT2D eigenvalue weighted by Crippen LogP contribution is -2.39. The van der Waals surface area contributed by atoms with Gasteiger partial charge in [-0.2, -0.15) is 0 Å². The zero-order chi connectivity index (χ0) is 14.8. The molecule has 1 saturated heterocycles. The maximum Gasteiger partial charge on any atom is 0.120 e. The van der Waals surface area contributed by atoms with E-state index in [4.69, 9.17) is 22.7 Å².